The number of para-hydroxylation sites is 1. The highest BCUT2D eigenvalue weighted by atomic mass is 35.5. The second kappa shape index (κ2) is 5.72. The fourth-order valence-corrected chi connectivity index (χ4v) is 2.36. The van der Waals surface area contributed by atoms with E-state index in [0.717, 1.165) is 24.1 Å². The molecule has 1 aliphatic heterocycles. The molecule has 1 heterocycles. The lowest BCUT2D eigenvalue weighted by molar-refractivity contribution is -0.126. The minimum absolute atomic E-state index is 0.0795. The first-order chi connectivity index (χ1) is 8.58. The van der Waals surface area contributed by atoms with Crippen molar-refractivity contribution in [2.75, 3.05) is 5.32 Å². The van der Waals surface area contributed by atoms with Gasteiger partial charge in [0.1, 0.15) is 6.10 Å². The van der Waals surface area contributed by atoms with E-state index in [4.69, 9.17) is 16.3 Å². The maximum absolute atomic E-state index is 12.1. The number of halogens is 1. The highest BCUT2D eigenvalue weighted by molar-refractivity contribution is 6.21. The van der Waals surface area contributed by atoms with E-state index in [1.165, 1.54) is 0 Å². The lowest BCUT2D eigenvalue weighted by atomic mass is 10.1. The number of anilines is 1. The van der Waals surface area contributed by atoms with Crippen LogP contribution in [0.2, 0.25) is 0 Å². The van der Waals surface area contributed by atoms with Gasteiger partial charge in [-0.2, -0.15) is 0 Å². The molecule has 98 valence electrons. The third-order valence-corrected chi connectivity index (χ3v) is 3.41. The lowest BCUT2D eigenvalue weighted by Crippen LogP contribution is -2.28. The summed E-state index contributed by atoms with van der Waals surface area (Å²) in [5.74, 6) is -0.0795. The number of nitrogens with one attached hydrogen (secondary N) is 1. The van der Waals surface area contributed by atoms with Crippen LogP contribution >= 0.6 is 11.6 Å². The molecule has 1 aromatic rings. The Labute approximate surface area is 112 Å². The van der Waals surface area contributed by atoms with Gasteiger partial charge in [0.2, 0.25) is 0 Å². The molecular weight excluding hydrogens is 250 g/mol. The van der Waals surface area contributed by atoms with Gasteiger partial charge in [0.25, 0.3) is 5.91 Å². The van der Waals surface area contributed by atoms with Gasteiger partial charge in [-0.05, 0) is 38.3 Å². The molecule has 0 aromatic heterocycles. The summed E-state index contributed by atoms with van der Waals surface area (Å²) in [5, 5.41) is 2.77. The van der Waals surface area contributed by atoms with Crippen LogP contribution in [-0.2, 0) is 9.53 Å². The van der Waals surface area contributed by atoms with E-state index in [1.807, 2.05) is 38.1 Å². The average Bonchev–Trinajstić information content (AvgIpc) is 2.76. The zero-order valence-corrected chi connectivity index (χ0v) is 11.4. The number of carbonyl (C=O) groups is 1. The van der Waals surface area contributed by atoms with Crippen molar-refractivity contribution in [3.63, 3.8) is 0 Å². The predicted octanol–water partition coefficient (Wildman–Crippen LogP) is 3.49. The molecule has 1 fully saturated rings. The first-order valence-corrected chi connectivity index (χ1v) is 6.71. The van der Waals surface area contributed by atoms with Crippen molar-refractivity contribution in [3.05, 3.63) is 29.8 Å². The minimum Gasteiger partial charge on any atom is -0.365 e. The second-order valence-corrected chi connectivity index (χ2v) is 5.36. The molecule has 0 aliphatic carbocycles. The summed E-state index contributed by atoms with van der Waals surface area (Å²) in [6.45, 7) is 3.88. The molecule has 0 saturated carbocycles. The molecule has 1 aromatic carbocycles. The summed E-state index contributed by atoms with van der Waals surface area (Å²) >= 11 is 6.09. The third kappa shape index (κ3) is 3.03. The molecule has 2 rings (SSSR count). The number of hydrogen-bond acceptors (Lipinski definition) is 2. The first kappa shape index (κ1) is 13.4. The number of carbonyl (C=O) groups excluding carboxylic acids is 1. The number of rotatable bonds is 3. The topological polar surface area (TPSA) is 38.3 Å². The Bertz CT molecular complexity index is 434. The molecule has 0 radical (unpaired) electrons. The van der Waals surface area contributed by atoms with E-state index < -0.39 is 0 Å². The molecule has 1 aliphatic rings. The molecule has 3 unspecified atom stereocenters. The van der Waals surface area contributed by atoms with Crippen molar-refractivity contribution < 1.29 is 9.53 Å². The zero-order valence-electron chi connectivity index (χ0n) is 10.7. The number of benzene rings is 1. The van der Waals surface area contributed by atoms with Gasteiger partial charge in [-0.1, -0.05) is 18.2 Å². The Hall–Kier alpha value is -1.06. The maximum Gasteiger partial charge on any atom is 0.253 e. The summed E-state index contributed by atoms with van der Waals surface area (Å²) < 4.78 is 5.55. The summed E-state index contributed by atoms with van der Waals surface area (Å²) in [4.78, 5) is 12.1. The minimum atomic E-state index is -0.335. The van der Waals surface area contributed by atoms with Gasteiger partial charge < -0.3 is 10.1 Å². The second-order valence-electron chi connectivity index (χ2n) is 4.71. The fourth-order valence-electron chi connectivity index (χ4n) is 2.17. The van der Waals surface area contributed by atoms with E-state index in [0.29, 0.717) is 0 Å². The van der Waals surface area contributed by atoms with Crippen LogP contribution in [0.4, 0.5) is 5.69 Å². The Morgan fingerprint density at radius 3 is 2.78 bits per heavy atom. The average molecular weight is 268 g/mol. The fraction of sp³-hybridized carbons (Fsp3) is 0.500. The number of amides is 1. The van der Waals surface area contributed by atoms with Crippen molar-refractivity contribution in [1.82, 2.24) is 0 Å². The van der Waals surface area contributed by atoms with E-state index >= 15 is 0 Å². The van der Waals surface area contributed by atoms with Crippen molar-refractivity contribution in [2.45, 2.75) is 44.3 Å². The molecule has 0 spiro atoms. The Kier molecular flexibility index (Phi) is 4.25. The quantitative estimate of drug-likeness (QED) is 0.852. The van der Waals surface area contributed by atoms with Gasteiger partial charge in [-0.3, -0.25) is 4.79 Å². The van der Waals surface area contributed by atoms with Crippen LogP contribution < -0.4 is 5.32 Å². The summed E-state index contributed by atoms with van der Waals surface area (Å²) in [6.07, 6.45) is 1.55. The number of hydrogen-bond donors (Lipinski definition) is 1. The molecule has 1 amide bonds. The standard InChI is InChI=1S/C14H18ClNO2/c1-9-7-8-13(18-9)14(17)16-12-6-4-3-5-11(12)10(2)15/h3-6,9-10,13H,7-8H2,1-2H3,(H,16,17). The van der Waals surface area contributed by atoms with Crippen LogP contribution in [0.5, 0.6) is 0 Å². The van der Waals surface area contributed by atoms with Gasteiger partial charge in [0, 0.05) is 5.69 Å². The Balaban J connectivity index is 2.07. The summed E-state index contributed by atoms with van der Waals surface area (Å²) in [5.41, 5.74) is 1.70. The van der Waals surface area contributed by atoms with Gasteiger partial charge in [-0.25, -0.2) is 0 Å². The lowest BCUT2D eigenvalue weighted by Gasteiger charge is -2.15. The molecule has 1 saturated heterocycles. The maximum atomic E-state index is 12.1. The van der Waals surface area contributed by atoms with E-state index in [9.17, 15) is 4.79 Å². The molecule has 3 atom stereocenters. The SMILES string of the molecule is CC1CCC(C(=O)Nc2ccccc2C(C)Cl)O1. The van der Waals surface area contributed by atoms with Crippen LogP contribution in [-0.4, -0.2) is 18.1 Å². The van der Waals surface area contributed by atoms with Crippen LogP contribution in [0.1, 0.15) is 37.6 Å². The Morgan fingerprint density at radius 1 is 1.44 bits per heavy atom. The summed E-state index contributed by atoms with van der Waals surface area (Å²) in [7, 11) is 0. The third-order valence-electron chi connectivity index (χ3n) is 3.17. The Morgan fingerprint density at radius 2 is 2.17 bits per heavy atom. The van der Waals surface area contributed by atoms with Crippen molar-refractivity contribution in [2.24, 2.45) is 0 Å². The first-order valence-electron chi connectivity index (χ1n) is 6.27. The molecule has 18 heavy (non-hydrogen) atoms. The number of ether oxygens (including phenoxy) is 1. The van der Waals surface area contributed by atoms with E-state index in [2.05, 4.69) is 5.32 Å². The summed E-state index contributed by atoms with van der Waals surface area (Å²) in [6, 6.07) is 7.59. The van der Waals surface area contributed by atoms with Crippen molar-refractivity contribution >= 4 is 23.2 Å². The van der Waals surface area contributed by atoms with Gasteiger partial charge in [-0.15, -0.1) is 11.6 Å². The van der Waals surface area contributed by atoms with E-state index in [1.54, 1.807) is 0 Å². The van der Waals surface area contributed by atoms with Gasteiger partial charge in [0.05, 0.1) is 11.5 Å². The highest BCUT2D eigenvalue weighted by Crippen LogP contribution is 2.28. The van der Waals surface area contributed by atoms with Crippen LogP contribution in [0.25, 0.3) is 0 Å². The van der Waals surface area contributed by atoms with E-state index in [-0.39, 0.29) is 23.5 Å². The van der Waals surface area contributed by atoms with Crippen LogP contribution in [0.15, 0.2) is 24.3 Å². The highest BCUT2D eigenvalue weighted by Gasteiger charge is 2.28. The normalized spacial score (nSPS) is 24.8. The van der Waals surface area contributed by atoms with Crippen molar-refractivity contribution in [3.8, 4) is 0 Å². The van der Waals surface area contributed by atoms with Crippen LogP contribution in [0, 0.1) is 0 Å². The van der Waals surface area contributed by atoms with Gasteiger partial charge >= 0.3 is 0 Å². The van der Waals surface area contributed by atoms with Crippen molar-refractivity contribution in [1.29, 1.82) is 0 Å². The number of alkyl halides is 1. The smallest absolute Gasteiger partial charge is 0.253 e. The monoisotopic (exact) mass is 267 g/mol. The molecule has 4 heteroatoms. The van der Waals surface area contributed by atoms with Crippen LogP contribution in [0.3, 0.4) is 0 Å². The molecule has 1 N–H and O–H groups in total. The zero-order chi connectivity index (χ0) is 13.1. The van der Waals surface area contributed by atoms with Gasteiger partial charge in [0.15, 0.2) is 0 Å². The largest absolute Gasteiger partial charge is 0.365 e. The predicted molar refractivity (Wildman–Crippen MR) is 72.9 cm³/mol. The molecule has 3 nitrogen and oxygen atoms in total. The molecule has 0 bridgehead atoms. The molecular formula is C14H18ClNO2.